The van der Waals surface area contributed by atoms with Gasteiger partial charge in [0.1, 0.15) is 11.2 Å². The van der Waals surface area contributed by atoms with Gasteiger partial charge in [-0.3, -0.25) is 4.79 Å². The second kappa shape index (κ2) is 8.25. The van der Waals surface area contributed by atoms with E-state index in [2.05, 4.69) is 0 Å². The summed E-state index contributed by atoms with van der Waals surface area (Å²) in [5.41, 5.74) is 0.342. The molecule has 1 unspecified atom stereocenters. The molecule has 1 aromatic rings. The van der Waals surface area contributed by atoms with Crippen molar-refractivity contribution in [2.24, 2.45) is 5.41 Å². The Kier molecular flexibility index (Phi) is 6.04. The number of carbonyl (C=O) groups is 1. The van der Waals surface area contributed by atoms with Crippen LogP contribution in [0.5, 0.6) is 0 Å². The van der Waals surface area contributed by atoms with Gasteiger partial charge in [-0.1, -0.05) is 18.2 Å². The van der Waals surface area contributed by atoms with E-state index in [0.29, 0.717) is 24.2 Å². The second-order valence-corrected chi connectivity index (χ2v) is 6.75. The van der Waals surface area contributed by atoms with Gasteiger partial charge in [-0.2, -0.15) is 0 Å². The summed E-state index contributed by atoms with van der Waals surface area (Å²) in [6.07, 6.45) is 3.65. The number of hydrogen-bond acceptors (Lipinski definition) is 5. The van der Waals surface area contributed by atoms with Gasteiger partial charge < -0.3 is 18.9 Å². The quantitative estimate of drug-likeness (QED) is 0.706. The maximum absolute atomic E-state index is 14.8. The Balaban J connectivity index is 1.60. The van der Waals surface area contributed by atoms with Crippen molar-refractivity contribution in [2.45, 2.75) is 38.4 Å². The Morgan fingerprint density at radius 3 is 2.76 bits per heavy atom. The van der Waals surface area contributed by atoms with Crippen molar-refractivity contribution >= 4 is 5.97 Å². The number of methoxy groups -OCH3 is 1. The molecule has 0 aliphatic carbocycles. The zero-order chi connectivity index (χ0) is 17.7. The van der Waals surface area contributed by atoms with Crippen molar-refractivity contribution in [1.82, 2.24) is 0 Å². The lowest BCUT2D eigenvalue weighted by molar-refractivity contribution is -0.183. The Labute approximate surface area is 147 Å². The summed E-state index contributed by atoms with van der Waals surface area (Å²) < 4.78 is 36.1. The molecule has 2 heterocycles. The first-order valence-corrected chi connectivity index (χ1v) is 8.80. The van der Waals surface area contributed by atoms with Crippen LogP contribution in [0.1, 0.15) is 30.4 Å². The first-order chi connectivity index (χ1) is 12.1. The molecule has 6 heteroatoms. The molecule has 1 atom stereocenters. The fraction of sp³-hybridized carbons (Fsp3) is 0.632. The largest absolute Gasteiger partial charge is 0.468 e. The minimum absolute atomic E-state index is 0.172. The zero-order valence-corrected chi connectivity index (χ0v) is 14.6. The Morgan fingerprint density at radius 2 is 2.12 bits per heavy atom. The van der Waals surface area contributed by atoms with Crippen LogP contribution in [0.4, 0.5) is 4.39 Å². The summed E-state index contributed by atoms with van der Waals surface area (Å²) in [4.78, 5) is 12.0. The molecule has 138 valence electrons. The van der Waals surface area contributed by atoms with Gasteiger partial charge >= 0.3 is 5.97 Å². The van der Waals surface area contributed by atoms with E-state index in [1.54, 1.807) is 12.1 Å². The van der Waals surface area contributed by atoms with E-state index in [9.17, 15) is 9.18 Å². The van der Waals surface area contributed by atoms with Gasteiger partial charge in [0, 0.05) is 6.61 Å². The molecule has 25 heavy (non-hydrogen) atoms. The first kappa shape index (κ1) is 18.3. The maximum Gasteiger partial charge on any atom is 0.316 e. The molecule has 2 aliphatic heterocycles. The molecule has 1 aromatic carbocycles. The lowest BCUT2D eigenvalue weighted by Crippen LogP contribution is -2.51. The molecule has 3 rings (SSSR count). The molecule has 0 saturated carbocycles. The van der Waals surface area contributed by atoms with Gasteiger partial charge in [0.05, 0.1) is 26.9 Å². The molecule has 2 fully saturated rings. The monoisotopic (exact) mass is 352 g/mol. The second-order valence-electron chi connectivity index (χ2n) is 6.75. The van der Waals surface area contributed by atoms with Crippen LogP contribution in [0.15, 0.2) is 18.2 Å². The molecule has 2 aliphatic rings. The van der Waals surface area contributed by atoms with Gasteiger partial charge in [0.25, 0.3) is 0 Å². The van der Waals surface area contributed by atoms with Crippen LogP contribution in [-0.2, 0) is 36.6 Å². The van der Waals surface area contributed by atoms with Crippen LogP contribution >= 0.6 is 0 Å². The minimum Gasteiger partial charge on any atom is -0.468 e. The number of rotatable bonds is 7. The Morgan fingerprint density at radius 1 is 1.32 bits per heavy atom. The molecule has 0 bridgehead atoms. The summed E-state index contributed by atoms with van der Waals surface area (Å²) in [6.45, 7) is 1.68. The number of hydrogen-bond donors (Lipinski definition) is 0. The number of ether oxygens (including phenoxy) is 4. The SMILES string of the molecule is COC(=O)C1(Cc2cccc(CCOC3CCCCO3)c2F)COC1. The van der Waals surface area contributed by atoms with E-state index in [-0.39, 0.29) is 37.7 Å². The lowest BCUT2D eigenvalue weighted by atomic mass is 9.79. The van der Waals surface area contributed by atoms with E-state index in [4.69, 9.17) is 18.9 Å². The van der Waals surface area contributed by atoms with Gasteiger partial charge in [-0.15, -0.1) is 0 Å². The highest BCUT2D eigenvalue weighted by Crippen LogP contribution is 2.34. The Hall–Kier alpha value is -1.50. The van der Waals surface area contributed by atoms with E-state index in [0.717, 1.165) is 25.9 Å². The van der Waals surface area contributed by atoms with Gasteiger partial charge in [0.15, 0.2) is 6.29 Å². The predicted octanol–water partition coefficient (Wildman–Crippen LogP) is 2.64. The summed E-state index contributed by atoms with van der Waals surface area (Å²) in [7, 11) is 1.35. The molecule has 0 spiro atoms. The van der Waals surface area contributed by atoms with Crippen LogP contribution in [0.2, 0.25) is 0 Å². The van der Waals surface area contributed by atoms with Crippen LogP contribution in [0, 0.1) is 11.2 Å². The highest BCUT2D eigenvalue weighted by Gasteiger charge is 2.47. The number of esters is 1. The standard InChI is InChI=1S/C19H25FO5/c1-22-18(21)19(12-23-13-19)11-15-6-4-5-14(17(15)20)8-10-25-16-7-2-3-9-24-16/h4-6,16H,2-3,7-13H2,1H3. The minimum atomic E-state index is -0.763. The topological polar surface area (TPSA) is 54.0 Å². The number of benzene rings is 1. The predicted molar refractivity (Wildman–Crippen MR) is 88.6 cm³/mol. The fourth-order valence-corrected chi connectivity index (χ4v) is 3.33. The van der Waals surface area contributed by atoms with Crippen LogP contribution in [0.25, 0.3) is 0 Å². The fourth-order valence-electron chi connectivity index (χ4n) is 3.33. The first-order valence-electron chi connectivity index (χ1n) is 8.80. The average molecular weight is 352 g/mol. The van der Waals surface area contributed by atoms with Gasteiger partial charge in [0.2, 0.25) is 0 Å². The highest BCUT2D eigenvalue weighted by molar-refractivity contribution is 5.78. The zero-order valence-electron chi connectivity index (χ0n) is 14.6. The van der Waals surface area contributed by atoms with Crippen molar-refractivity contribution in [3.05, 3.63) is 35.1 Å². The van der Waals surface area contributed by atoms with E-state index in [1.807, 2.05) is 6.07 Å². The van der Waals surface area contributed by atoms with E-state index in [1.165, 1.54) is 7.11 Å². The maximum atomic E-state index is 14.8. The average Bonchev–Trinajstić information content (AvgIpc) is 2.61. The molecule has 5 nitrogen and oxygen atoms in total. The van der Waals surface area contributed by atoms with E-state index >= 15 is 0 Å². The van der Waals surface area contributed by atoms with Crippen molar-refractivity contribution in [1.29, 1.82) is 0 Å². The molecular formula is C19H25FO5. The molecule has 0 radical (unpaired) electrons. The molecule has 2 saturated heterocycles. The van der Waals surface area contributed by atoms with Crippen LogP contribution < -0.4 is 0 Å². The van der Waals surface area contributed by atoms with Gasteiger partial charge in [-0.25, -0.2) is 4.39 Å². The molecular weight excluding hydrogens is 327 g/mol. The third-order valence-corrected chi connectivity index (χ3v) is 4.88. The highest BCUT2D eigenvalue weighted by atomic mass is 19.1. The van der Waals surface area contributed by atoms with Crippen molar-refractivity contribution in [2.75, 3.05) is 33.5 Å². The molecule has 0 amide bonds. The van der Waals surface area contributed by atoms with Crippen molar-refractivity contribution in [3.63, 3.8) is 0 Å². The number of carbonyl (C=O) groups excluding carboxylic acids is 1. The normalized spacial score (nSPS) is 22.2. The summed E-state index contributed by atoms with van der Waals surface area (Å²) in [6, 6.07) is 5.29. The Bertz CT molecular complexity index is 593. The molecule has 0 N–H and O–H groups in total. The van der Waals surface area contributed by atoms with Crippen molar-refractivity contribution < 1.29 is 28.1 Å². The summed E-state index contributed by atoms with van der Waals surface area (Å²) in [5, 5.41) is 0. The third kappa shape index (κ3) is 4.19. The van der Waals surface area contributed by atoms with Crippen LogP contribution in [-0.4, -0.2) is 45.8 Å². The van der Waals surface area contributed by atoms with Crippen LogP contribution in [0.3, 0.4) is 0 Å². The molecule has 0 aromatic heterocycles. The summed E-state index contributed by atoms with van der Waals surface area (Å²) >= 11 is 0. The third-order valence-electron chi connectivity index (χ3n) is 4.88. The lowest BCUT2D eigenvalue weighted by Gasteiger charge is -2.38. The summed E-state index contributed by atoms with van der Waals surface area (Å²) in [5.74, 6) is -0.618. The van der Waals surface area contributed by atoms with E-state index < -0.39 is 5.41 Å². The van der Waals surface area contributed by atoms with Crippen molar-refractivity contribution in [3.8, 4) is 0 Å². The van der Waals surface area contributed by atoms with Gasteiger partial charge in [-0.05, 0) is 43.2 Å². The smallest absolute Gasteiger partial charge is 0.316 e. The number of halogens is 1.